The number of hydrogen-bond donors (Lipinski definition) is 3. The molecule has 2 aliphatic rings. The lowest BCUT2D eigenvalue weighted by Crippen LogP contribution is -2.51. The Morgan fingerprint density at radius 2 is 1.95 bits per heavy atom. The van der Waals surface area contributed by atoms with Gasteiger partial charge in [0, 0.05) is 50.5 Å². The van der Waals surface area contributed by atoms with Crippen molar-refractivity contribution in [1.82, 2.24) is 34.5 Å². The first-order valence-corrected chi connectivity index (χ1v) is 12.9. The van der Waals surface area contributed by atoms with Crippen molar-refractivity contribution in [1.29, 1.82) is 0 Å². The maximum absolute atomic E-state index is 13.9. The number of carbonyl (C=O) groups is 2. The van der Waals surface area contributed by atoms with Crippen LogP contribution in [0.15, 0.2) is 48.9 Å². The number of nitrogen functional groups attached to an aromatic ring is 1. The number of anilines is 2. The van der Waals surface area contributed by atoms with Crippen molar-refractivity contribution in [3.63, 3.8) is 0 Å². The van der Waals surface area contributed by atoms with Crippen LogP contribution in [0.2, 0.25) is 5.02 Å². The van der Waals surface area contributed by atoms with Gasteiger partial charge in [-0.05, 0) is 30.3 Å². The summed E-state index contributed by atoms with van der Waals surface area (Å²) in [6, 6.07) is 7.76. The van der Waals surface area contributed by atoms with Crippen molar-refractivity contribution in [2.24, 2.45) is 13.0 Å². The fraction of sp³-hybridized carbons (Fsp3) is 0.269. The van der Waals surface area contributed by atoms with Crippen molar-refractivity contribution in [3.05, 3.63) is 71.0 Å². The lowest BCUT2D eigenvalue weighted by atomic mass is 9.96. The normalized spacial score (nSPS) is 18.2. The van der Waals surface area contributed by atoms with Crippen molar-refractivity contribution in [2.45, 2.75) is 12.2 Å². The number of halogens is 4. The molecule has 0 aliphatic carbocycles. The van der Waals surface area contributed by atoms with E-state index in [-0.39, 0.29) is 33.8 Å². The molecule has 15 heteroatoms. The van der Waals surface area contributed by atoms with Crippen LogP contribution in [0.3, 0.4) is 0 Å². The first-order chi connectivity index (χ1) is 19.5. The van der Waals surface area contributed by atoms with E-state index in [1.165, 1.54) is 48.1 Å². The number of fused-ring (bicyclic) bond motifs is 1. The van der Waals surface area contributed by atoms with Gasteiger partial charge in [-0.2, -0.15) is 18.3 Å². The van der Waals surface area contributed by atoms with Crippen LogP contribution >= 0.6 is 11.6 Å². The molecular weight excluding hydrogens is 563 g/mol. The van der Waals surface area contributed by atoms with E-state index >= 15 is 0 Å². The molecule has 5 heterocycles. The molecule has 2 saturated heterocycles. The Morgan fingerprint density at radius 3 is 2.56 bits per heavy atom. The van der Waals surface area contributed by atoms with Crippen molar-refractivity contribution in [2.75, 3.05) is 30.7 Å². The molecule has 41 heavy (non-hydrogen) atoms. The van der Waals surface area contributed by atoms with Crippen molar-refractivity contribution >= 4 is 34.8 Å². The summed E-state index contributed by atoms with van der Waals surface area (Å²) in [6.45, 7) is 2.17. The number of nitrogens with zero attached hydrogens (tertiary/aromatic N) is 6. The average molecular weight is 586 g/mol. The van der Waals surface area contributed by atoms with Crippen molar-refractivity contribution in [3.8, 4) is 17.1 Å². The minimum absolute atomic E-state index is 0.0113. The predicted molar refractivity (Wildman–Crippen MR) is 144 cm³/mol. The maximum Gasteiger partial charge on any atom is 0.435 e. The summed E-state index contributed by atoms with van der Waals surface area (Å²) in [6.07, 6.45) is -1.16. The third-order valence-corrected chi connectivity index (χ3v) is 7.60. The van der Waals surface area contributed by atoms with Crippen LogP contribution in [0.4, 0.5) is 24.5 Å². The van der Waals surface area contributed by atoms with Gasteiger partial charge in [-0.25, -0.2) is 14.6 Å². The van der Waals surface area contributed by atoms with E-state index in [1.807, 2.05) is 0 Å². The smallest absolute Gasteiger partial charge is 0.397 e. The minimum atomic E-state index is -4.79. The maximum atomic E-state index is 13.9. The summed E-state index contributed by atoms with van der Waals surface area (Å²) in [7, 11) is 1.42. The summed E-state index contributed by atoms with van der Waals surface area (Å²) >= 11 is 6.39. The van der Waals surface area contributed by atoms with E-state index in [9.17, 15) is 22.8 Å². The molecule has 212 valence electrons. The molecule has 6 rings (SSSR count). The zero-order valence-electron chi connectivity index (χ0n) is 21.5. The van der Waals surface area contributed by atoms with Gasteiger partial charge in [0.25, 0.3) is 11.8 Å². The fourth-order valence-corrected chi connectivity index (χ4v) is 5.29. The van der Waals surface area contributed by atoms with Gasteiger partial charge in [-0.3, -0.25) is 9.59 Å². The zero-order chi connectivity index (χ0) is 29.1. The third-order valence-electron chi connectivity index (χ3n) is 7.28. The largest absolute Gasteiger partial charge is 0.435 e. The van der Waals surface area contributed by atoms with Crippen LogP contribution in [0, 0.1) is 5.92 Å². The highest BCUT2D eigenvalue weighted by atomic mass is 35.5. The number of amides is 2. The number of aromatic nitrogens is 5. The highest BCUT2D eigenvalue weighted by molar-refractivity contribution is 6.34. The van der Waals surface area contributed by atoms with E-state index in [0.717, 1.165) is 23.6 Å². The Labute approximate surface area is 236 Å². The van der Waals surface area contributed by atoms with Crippen LogP contribution in [0.5, 0.6) is 0 Å². The van der Waals surface area contributed by atoms with Crippen LogP contribution in [-0.2, 0) is 13.2 Å². The van der Waals surface area contributed by atoms with Gasteiger partial charge in [0.05, 0.1) is 39.9 Å². The lowest BCUT2D eigenvalue weighted by Gasteiger charge is -2.29. The molecule has 1 aromatic carbocycles. The van der Waals surface area contributed by atoms with Gasteiger partial charge >= 0.3 is 6.18 Å². The molecule has 0 radical (unpaired) electrons. The number of benzene rings is 1. The molecule has 0 bridgehead atoms. The predicted octanol–water partition coefficient (Wildman–Crippen LogP) is 3.22. The van der Waals surface area contributed by atoms with E-state index in [0.29, 0.717) is 42.0 Å². The SMILES string of the molecule is Cn1c(-c2cn(-c3ccc(N)cn3)nc2C(F)(F)F)cnc1C(=O)Nc1ccc(C(=O)N2CC3CNC3C2)c(Cl)c1. The average Bonchev–Trinajstić information content (AvgIpc) is 3.59. The van der Waals surface area contributed by atoms with Gasteiger partial charge in [0.15, 0.2) is 17.3 Å². The van der Waals surface area contributed by atoms with E-state index in [2.05, 4.69) is 25.7 Å². The number of carbonyl (C=O) groups excluding carboxylic acids is 2. The van der Waals surface area contributed by atoms with E-state index in [4.69, 9.17) is 17.3 Å². The molecule has 11 nitrogen and oxygen atoms in total. The Hall–Kier alpha value is -4.43. The van der Waals surface area contributed by atoms with Gasteiger partial charge in [0.1, 0.15) is 0 Å². The molecule has 4 N–H and O–H groups in total. The topological polar surface area (TPSA) is 136 Å². The van der Waals surface area contributed by atoms with E-state index < -0.39 is 17.8 Å². The second-order valence-corrected chi connectivity index (χ2v) is 10.4. The zero-order valence-corrected chi connectivity index (χ0v) is 22.2. The summed E-state index contributed by atoms with van der Waals surface area (Å²) in [5, 5.41) is 9.79. The standard InChI is InChI=1S/C26H23ClF3N9O2/c1-37-20(17-11-39(36-22(17)26(28,29)30)21-5-2-14(31)8-33-21)9-34-23(37)24(40)35-15-3-4-16(18(27)6-15)25(41)38-10-13-7-32-19(13)12-38/h2-6,8-9,11,13,19,32H,7,10,12,31H2,1H3,(H,35,40). The van der Waals surface area contributed by atoms with Crippen LogP contribution in [0.25, 0.3) is 17.1 Å². The molecule has 2 fully saturated rings. The number of likely N-dealkylation sites (tertiary alicyclic amines) is 1. The van der Waals surface area contributed by atoms with Gasteiger partial charge in [-0.1, -0.05) is 11.6 Å². The number of nitrogens with one attached hydrogen (secondary N) is 2. The lowest BCUT2D eigenvalue weighted by molar-refractivity contribution is -0.140. The molecule has 0 saturated carbocycles. The highest BCUT2D eigenvalue weighted by Gasteiger charge is 2.41. The summed E-state index contributed by atoms with van der Waals surface area (Å²) in [5.74, 6) is -0.438. The third kappa shape index (κ3) is 4.89. The van der Waals surface area contributed by atoms with Crippen LogP contribution in [-0.4, -0.2) is 66.7 Å². The van der Waals surface area contributed by atoms with Gasteiger partial charge in [0.2, 0.25) is 0 Å². The van der Waals surface area contributed by atoms with Crippen LogP contribution < -0.4 is 16.4 Å². The number of pyridine rings is 1. The Balaban J connectivity index is 1.23. The van der Waals surface area contributed by atoms with Gasteiger partial charge < -0.3 is 25.8 Å². The summed E-state index contributed by atoms with van der Waals surface area (Å²) in [5.41, 5.74) is 5.13. The fourth-order valence-electron chi connectivity index (χ4n) is 5.03. The number of imidazole rings is 1. The Kier molecular flexibility index (Phi) is 6.46. The molecule has 2 unspecified atom stereocenters. The number of rotatable bonds is 5. The van der Waals surface area contributed by atoms with E-state index in [1.54, 1.807) is 4.90 Å². The summed E-state index contributed by atoms with van der Waals surface area (Å²) in [4.78, 5) is 35.8. The van der Waals surface area contributed by atoms with Gasteiger partial charge in [-0.15, -0.1) is 0 Å². The first-order valence-electron chi connectivity index (χ1n) is 12.5. The summed E-state index contributed by atoms with van der Waals surface area (Å²) < 4.78 is 44.0. The number of hydrogen-bond acceptors (Lipinski definition) is 7. The van der Waals surface area contributed by atoms with Crippen molar-refractivity contribution < 1.29 is 22.8 Å². The first kappa shape index (κ1) is 26.8. The minimum Gasteiger partial charge on any atom is -0.397 e. The van der Waals surface area contributed by atoms with Crippen LogP contribution in [0.1, 0.15) is 26.7 Å². The monoisotopic (exact) mass is 585 g/mol. The second-order valence-electron chi connectivity index (χ2n) is 9.94. The number of nitrogens with two attached hydrogens (primary N) is 1. The Morgan fingerprint density at radius 1 is 1.15 bits per heavy atom. The molecule has 0 spiro atoms. The molecule has 4 aromatic rings. The second kappa shape index (κ2) is 9.89. The molecule has 2 aliphatic heterocycles. The quantitative estimate of drug-likeness (QED) is 0.327. The molecular formula is C26H23ClF3N9O2. The molecule has 2 atom stereocenters. The Bertz CT molecular complexity index is 1650. The molecule has 2 amide bonds. The molecule has 3 aromatic heterocycles. The number of alkyl halides is 3. The highest BCUT2D eigenvalue weighted by Crippen LogP contribution is 2.37.